The van der Waals surface area contributed by atoms with Crippen LogP contribution in [0.3, 0.4) is 0 Å². The summed E-state index contributed by atoms with van der Waals surface area (Å²) in [6.45, 7) is 4.27. The molecule has 1 heterocycles. The molecule has 0 radical (unpaired) electrons. The van der Waals surface area contributed by atoms with Gasteiger partial charge in [-0.15, -0.1) is 0 Å². The van der Waals surface area contributed by atoms with Gasteiger partial charge in [0.05, 0.1) is 0 Å². The summed E-state index contributed by atoms with van der Waals surface area (Å²) in [4.78, 5) is 0.360. The number of rotatable bonds is 0. The molecule has 0 fully saturated rings. The van der Waals surface area contributed by atoms with Crippen LogP contribution in [0.2, 0.25) is 0 Å². The van der Waals surface area contributed by atoms with Gasteiger partial charge in [0.25, 0.3) is 0 Å². The van der Waals surface area contributed by atoms with E-state index in [-0.39, 0.29) is 0 Å². The Bertz CT molecular complexity index is 625. The first kappa shape index (κ1) is 11.5. The summed E-state index contributed by atoms with van der Waals surface area (Å²) in [5.41, 5.74) is 3.41. The van der Waals surface area contributed by atoms with Crippen LogP contribution in [0, 0.1) is 6.92 Å². The fourth-order valence-corrected chi connectivity index (χ4v) is 3.02. The van der Waals surface area contributed by atoms with Crippen LogP contribution in [0.25, 0.3) is 17.0 Å². The maximum absolute atomic E-state index is 6.07. The molecule has 1 aliphatic carbocycles. The van der Waals surface area contributed by atoms with E-state index in [0.29, 0.717) is 10.7 Å². The average molecular weight is 356 g/mol. The van der Waals surface area contributed by atoms with E-state index in [9.17, 15) is 0 Å². The van der Waals surface area contributed by atoms with Crippen molar-refractivity contribution in [2.45, 2.75) is 24.6 Å². The lowest BCUT2D eigenvalue weighted by Gasteiger charge is -2.17. The lowest BCUT2D eigenvalue weighted by atomic mass is 9.94. The minimum atomic E-state index is 0.360. The number of hydrogen-bond acceptors (Lipinski definition) is 1. The summed E-state index contributed by atoms with van der Waals surface area (Å²) in [5, 5.41) is 1.21. The number of alkyl halides is 1. The van der Waals surface area contributed by atoms with Crippen molar-refractivity contribution in [3.63, 3.8) is 0 Å². The molecular weight excluding hydrogens is 344 g/mol. The van der Waals surface area contributed by atoms with Gasteiger partial charge in [0, 0.05) is 31.7 Å². The molecule has 0 aliphatic heterocycles. The van der Waals surface area contributed by atoms with Crippen LogP contribution in [-0.2, 0) is 0 Å². The number of fused-ring (bicyclic) bond motifs is 3. The quantitative estimate of drug-likeness (QED) is 0.577. The predicted molar refractivity (Wildman–Crippen MR) is 78.8 cm³/mol. The van der Waals surface area contributed by atoms with E-state index in [4.69, 9.17) is 4.42 Å². The summed E-state index contributed by atoms with van der Waals surface area (Å²) in [5.74, 6) is 1.46. The van der Waals surface area contributed by atoms with Crippen LogP contribution in [0.5, 0.6) is 0 Å². The molecule has 0 saturated carbocycles. The Morgan fingerprint density at radius 1 is 1.29 bits per heavy atom. The topological polar surface area (TPSA) is 13.1 Å². The van der Waals surface area contributed by atoms with E-state index in [1.165, 1.54) is 16.5 Å². The van der Waals surface area contributed by atoms with Crippen LogP contribution < -0.4 is 0 Å². The molecule has 88 valence electrons. The summed E-state index contributed by atoms with van der Waals surface area (Å²) in [6, 6.07) is 4.21. The molecule has 1 aromatic heterocycles. The van der Waals surface area contributed by atoms with E-state index in [1.807, 2.05) is 0 Å². The van der Waals surface area contributed by atoms with Crippen molar-refractivity contribution < 1.29 is 4.42 Å². The van der Waals surface area contributed by atoms with Gasteiger partial charge in [-0.2, -0.15) is 0 Å². The first-order valence-electron chi connectivity index (χ1n) is 5.63. The fraction of sp³-hybridized carbons (Fsp3) is 0.286. The van der Waals surface area contributed by atoms with Gasteiger partial charge in [-0.25, -0.2) is 0 Å². The van der Waals surface area contributed by atoms with E-state index < -0.39 is 0 Å². The molecule has 2 unspecified atom stereocenters. The van der Waals surface area contributed by atoms with Crippen molar-refractivity contribution in [3.8, 4) is 0 Å². The smallest absolute Gasteiger partial charge is 0.138 e. The average Bonchev–Trinajstić information content (AvgIpc) is 2.69. The molecule has 3 heteroatoms. The molecule has 2 atom stereocenters. The van der Waals surface area contributed by atoms with Crippen LogP contribution in [-0.4, -0.2) is 4.83 Å². The predicted octanol–water partition coefficient (Wildman–Crippen LogP) is 5.40. The van der Waals surface area contributed by atoms with Crippen LogP contribution >= 0.6 is 31.9 Å². The molecule has 1 aliphatic rings. The van der Waals surface area contributed by atoms with Crippen molar-refractivity contribution in [2.75, 3.05) is 0 Å². The lowest BCUT2D eigenvalue weighted by Crippen LogP contribution is -2.09. The highest BCUT2D eigenvalue weighted by molar-refractivity contribution is 9.10. The number of hydrogen-bond donors (Lipinski definition) is 0. The first-order valence-corrected chi connectivity index (χ1v) is 7.34. The van der Waals surface area contributed by atoms with Crippen LogP contribution in [0.1, 0.15) is 29.7 Å². The number of halogens is 2. The molecule has 0 spiro atoms. The van der Waals surface area contributed by atoms with Gasteiger partial charge in [0.15, 0.2) is 0 Å². The minimum absolute atomic E-state index is 0.360. The van der Waals surface area contributed by atoms with Crippen molar-refractivity contribution in [3.05, 3.63) is 39.6 Å². The second-order valence-electron chi connectivity index (χ2n) is 4.52. The van der Waals surface area contributed by atoms with E-state index in [0.717, 1.165) is 15.8 Å². The van der Waals surface area contributed by atoms with Crippen LogP contribution in [0.4, 0.5) is 0 Å². The number of aryl methyl sites for hydroxylation is 1. The van der Waals surface area contributed by atoms with E-state index >= 15 is 0 Å². The summed E-state index contributed by atoms with van der Waals surface area (Å²) < 4.78 is 7.17. The third-order valence-electron chi connectivity index (χ3n) is 3.45. The second kappa shape index (κ2) is 3.99. The van der Waals surface area contributed by atoms with Gasteiger partial charge in [0.2, 0.25) is 0 Å². The third kappa shape index (κ3) is 1.63. The van der Waals surface area contributed by atoms with E-state index in [2.05, 4.69) is 70.0 Å². The van der Waals surface area contributed by atoms with Gasteiger partial charge in [-0.1, -0.05) is 50.9 Å². The summed E-state index contributed by atoms with van der Waals surface area (Å²) in [7, 11) is 0. The maximum Gasteiger partial charge on any atom is 0.138 e. The fourth-order valence-electron chi connectivity index (χ4n) is 2.32. The summed E-state index contributed by atoms with van der Waals surface area (Å²) >= 11 is 7.21. The highest BCUT2D eigenvalue weighted by atomic mass is 79.9. The standard InChI is InChI=1S/C14H12Br2O/c1-7-11(15)5-3-9-10-4-6-12(16)8(2)14(10)17-13(7)9/h3-7,11H,1-2H3. The molecule has 0 bridgehead atoms. The Morgan fingerprint density at radius 2 is 2.06 bits per heavy atom. The minimum Gasteiger partial charge on any atom is -0.460 e. The highest BCUT2D eigenvalue weighted by Gasteiger charge is 2.26. The Labute approximate surface area is 117 Å². The molecule has 17 heavy (non-hydrogen) atoms. The lowest BCUT2D eigenvalue weighted by molar-refractivity contribution is 0.508. The Kier molecular flexibility index (Phi) is 2.71. The molecule has 2 aromatic rings. The first-order chi connectivity index (χ1) is 8.09. The molecule has 0 N–H and O–H groups in total. The SMILES string of the molecule is Cc1c(Br)ccc2c3c(oc12)C(C)C(Br)C=C3. The zero-order valence-electron chi connectivity index (χ0n) is 9.63. The molecule has 0 amide bonds. The third-order valence-corrected chi connectivity index (χ3v) is 5.40. The molecule has 1 nitrogen and oxygen atoms in total. The largest absolute Gasteiger partial charge is 0.460 e. The van der Waals surface area contributed by atoms with Crippen molar-refractivity contribution in [1.29, 1.82) is 0 Å². The Morgan fingerprint density at radius 3 is 2.82 bits per heavy atom. The maximum atomic E-state index is 6.07. The van der Waals surface area contributed by atoms with E-state index in [1.54, 1.807) is 0 Å². The summed E-state index contributed by atoms with van der Waals surface area (Å²) in [6.07, 6.45) is 4.35. The molecule has 1 aromatic carbocycles. The number of furan rings is 1. The molecular formula is C14H12Br2O. The Balaban J connectivity index is 2.36. The van der Waals surface area contributed by atoms with Gasteiger partial charge in [-0.3, -0.25) is 0 Å². The number of allylic oxidation sites excluding steroid dienone is 1. The molecule has 0 saturated heterocycles. The van der Waals surface area contributed by atoms with Gasteiger partial charge >= 0.3 is 0 Å². The zero-order chi connectivity index (χ0) is 12.2. The van der Waals surface area contributed by atoms with Gasteiger partial charge < -0.3 is 4.42 Å². The highest BCUT2D eigenvalue weighted by Crippen LogP contribution is 2.41. The Hall–Kier alpha value is -0.540. The van der Waals surface area contributed by atoms with Gasteiger partial charge in [-0.05, 0) is 19.1 Å². The second-order valence-corrected chi connectivity index (χ2v) is 6.43. The van der Waals surface area contributed by atoms with Gasteiger partial charge in [0.1, 0.15) is 11.3 Å². The normalized spacial score (nSPS) is 23.1. The van der Waals surface area contributed by atoms with Crippen molar-refractivity contribution >= 4 is 48.9 Å². The molecule has 3 rings (SSSR count). The monoisotopic (exact) mass is 354 g/mol. The van der Waals surface area contributed by atoms with Crippen LogP contribution in [0.15, 0.2) is 27.1 Å². The van der Waals surface area contributed by atoms with Crippen molar-refractivity contribution in [1.82, 2.24) is 0 Å². The van der Waals surface area contributed by atoms with Crippen molar-refractivity contribution in [2.24, 2.45) is 0 Å². The number of benzene rings is 1. The zero-order valence-corrected chi connectivity index (χ0v) is 12.8.